The number of esters is 1. The number of hydrogen-bond donors (Lipinski definition) is 0. The summed E-state index contributed by atoms with van der Waals surface area (Å²) in [5.74, 6) is -0.164. The number of ether oxygens (including phenoxy) is 1. The van der Waals surface area contributed by atoms with Gasteiger partial charge in [0.25, 0.3) is 0 Å². The third-order valence-electron chi connectivity index (χ3n) is 3.13. The maximum absolute atomic E-state index is 11.3. The Hall–Kier alpha value is -2.60. The molecular formula is C18H17NO2. The second-order valence-corrected chi connectivity index (χ2v) is 4.80. The van der Waals surface area contributed by atoms with E-state index in [2.05, 4.69) is 6.07 Å². The van der Waals surface area contributed by atoms with Gasteiger partial charge in [-0.05, 0) is 35.2 Å². The van der Waals surface area contributed by atoms with E-state index in [9.17, 15) is 4.79 Å². The van der Waals surface area contributed by atoms with Crippen molar-refractivity contribution in [3.8, 4) is 17.2 Å². The van der Waals surface area contributed by atoms with Crippen molar-refractivity contribution in [2.75, 3.05) is 0 Å². The molecule has 0 N–H and O–H groups in total. The lowest BCUT2D eigenvalue weighted by Crippen LogP contribution is -2.03. The van der Waals surface area contributed by atoms with Gasteiger partial charge in [0.1, 0.15) is 6.61 Å². The first kappa shape index (κ1) is 14.8. The topological polar surface area (TPSA) is 50.1 Å². The first-order valence-corrected chi connectivity index (χ1v) is 6.98. The van der Waals surface area contributed by atoms with Crippen LogP contribution in [0.25, 0.3) is 11.1 Å². The molecule has 3 nitrogen and oxygen atoms in total. The van der Waals surface area contributed by atoms with Gasteiger partial charge in [-0.1, -0.05) is 43.3 Å². The van der Waals surface area contributed by atoms with Crippen molar-refractivity contribution < 1.29 is 9.53 Å². The molecule has 2 aromatic carbocycles. The first-order chi connectivity index (χ1) is 10.2. The lowest BCUT2D eigenvalue weighted by Gasteiger charge is -2.06. The van der Waals surface area contributed by atoms with Gasteiger partial charge >= 0.3 is 5.97 Å². The number of hydrogen-bond acceptors (Lipinski definition) is 3. The fourth-order valence-corrected chi connectivity index (χ4v) is 2.00. The predicted octanol–water partition coefficient (Wildman–Crippen LogP) is 4.07. The fraction of sp³-hybridized carbons (Fsp3) is 0.222. The minimum Gasteiger partial charge on any atom is -0.461 e. The quantitative estimate of drug-likeness (QED) is 0.775. The molecule has 2 aromatic rings. The highest BCUT2D eigenvalue weighted by atomic mass is 16.5. The zero-order chi connectivity index (χ0) is 15.1. The van der Waals surface area contributed by atoms with Crippen LogP contribution in [0.5, 0.6) is 0 Å². The summed E-state index contributed by atoms with van der Waals surface area (Å²) in [6.45, 7) is 2.25. The van der Waals surface area contributed by atoms with Crippen LogP contribution in [0.3, 0.4) is 0 Å². The molecule has 106 valence electrons. The first-order valence-electron chi connectivity index (χ1n) is 6.98. The SMILES string of the molecule is CCCC(=O)OCc1ccc(-c2cccc(C#N)c2)cc1. The largest absolute Gasteiger partial charge is 0.461 e. The van der Waals surface area contributed by atoms with Gasteiger partial charge in [-0.3, -0.25) is 4.79 Å². The molecule has 21 heavy (non-hydrogen) atoms. The Morgan fingerprint density at radius 2 is 1.90 bits per heavy atom. The summed E-state index contributed by atoms with van der Waals surface area (Å²) in [5, 5.41) is 8.92. The van der Waals surface area contributed by atoms with E-state index >= 15 is 0 Å². The molecule has 0 atom stereocenters. The molecule has 0 aliphatic heterocycles. The second-order valence-electron chi connectivity index (χ2n) is 4.80. The number of nitrogens with zero attached hydrogens (tertiary/aromatic N) is 1. The van der Waals surface area contributed by atoms with E-state index in [0.29, 0.717) is 18.6 Å². The van der Waals surface area contributed by atoms with E-state index in [1.54, 1.807) is 6.07 Å². The van der Waals surface area contributed by atoms with E-state index in [-0.39, 0.29) is 5.97 Å². The lowest BCUT2D eigenvalue weighted by atomic mass is 10.0. The summed E-state index contributed by atoms with van der Waals surface area (Å²) in [7, 11) is 0. The van der Waals surface area contributed by atoms with Gasteiger partial charge in [0.05, 0.1) is 11.6 Å². The molecule has 0 spiro atoms. The second kappa shape index (κ2) is 7.25. The molecule has 3 heteroatoms. The predicted molar refractivity (Wildman–Crippen MR) is 81.3 cm³/mol. The third-order valence-corrected chi connectivity index (χ3v) is 3.13. The molecule has 0 unspecified atom stereocenters. The van der Waals surface area contributed by atoms with E-state index in [4.69, 9.17) is 10.00 Å². The minimum atomic E-state index is -0.164. The molecular weight excluding hydrogens is 262 g/mol. The monoisotopic (exact) mass is 279 g/mol. The molecule has 0 aliphatic carbocycles. The Morgan fingerprint density at radius 3 is 2.57 bits per heavy atom. The van der Waals surface area contributed by atoms with Crippen LogP contribution in [0.2, 0.25) is 0 Å². The van der Waals surface area contributed by atoms with Crippen molar-refractivity contribution >= 4 is 5.97 Å². The van der Waals surface area contributed by atoms with Crippen molar-refractivity contribution in [2.24, 2.45) is 0 Å². The Bertz CT molecular complexity index is 654. The summed E-state index contributed by atoms with van der Waals surface area (Å²) in [6.07, 6.45) is 1.26. The van der Waals surface area contributed by atoms with Crippen LogP contribution in [0.1, 0.15) is 30.9 Å². The summed E-state index contributed by atoms with van der Waals surface area (Å²) < 4.78 is 5.17. The maximum atomic E-state index is 11.3. The molecule has 2 rings (SSSR count). The summed E-state index contributed by atoms with van der Waals surface area (Å²) >= 11 is 0. The standard InChI is InChI=1S/C18H17NO2/c1-2-4-18(20)21-13-14-7-9-16(10-8-14)17-6-3-5-15(11-17)12-19/h3,5-11H,2,4,13H2,1H3. The zero-order valence-electron chi connectivity index (χ0n) is 12.0. The Balaban J connectivity index is 2.05. The van der Waals surface area contributed by atoms with Crippen molar-refractivity contribution in [1.82, 2.24) is 0 Å². The van der Waals surface area contributed by atoms with Crippen LogP contribution >= 0.6 is 0 Å². The van der Waals surface area contributed by atoms with Gasteiger partial charge in [0.2, 0.25) is 0 Å². The molecule has 0 aliphatic rings. The van der Waals surface area contributed by atoms with Crippen LogP contribution < -0.4 is 0 Å². The molecule has 0 amide bonds. The molecule has 0 heterocycles. The number of benzene rings is 2. The molecule has 0 radical (unpaired) electrons. The fourth-order valence-electron chi connectivity index (χ4n) is 2.00. The normalized spacial score (nSPS) is 9.90. The van der Waals surface area contributed by atoms with Crippen molar-refractivity contribution in [1.29, 1.82) is 5.26 Å². The van der Waals surface area contributed by atoms with E-state index in [1.807, 2.05) is 49.4 Å². The highest BCUT2D eigenvalue weighted by molar-refractivity contribution is 5.69. The molecule has 0 fully saturated rings. The summed E-state index contributed by atoms with van der Waals surface area (Å²) in [5.41, 5.74) is 3.64. The van der Waals surface area contributed by atoms with Gasteiger partial charge in [-0.2, -0.15) is 5.26 Å². The average Bonchev–Trinajstić information content (AvgIpc) is 2.54. The molecule has 0 saturated heterocycles. The number of carbonyl (C=O) groups excluding carboxylic acids is 1. The third kappa shape index (κ3) is 4.19. The van der Waals surface area contributed by atoms with Gasteiger partial charge in [-0.15, -0.1) is 0 Å². The van der Waals surface area contributed by atoms with Crippen LogP contribution in [-0.4, -0.2) is 5.97 Å². The molecule has 0 saturated carbocycles. The summed E-state index contributed by atoms with van der Waals surface area (Å²) in [4.78, 5) is 11.3. The maximum Gasteiger partial charge on any atom is 0.306 e. The minimum absolute atomic E-state index is 0.164. The number of nitriles is 1. The van der Waals surface area contributed by atoms with Crippen LogP contribution in [-0.2, 0) is 16.1 Å². The van der Waals surface area contributed by atoms with Crippen LogP contribution in [0.15, 0.2) is 48.5 Å². The summed E-state index contributed by atoms with van der Waals surface area (Å²) in [6, 6.07) is 17.4. The van der Waals surface area contributed by atoms with E-state index in [1.165, 1.54) is 0 Å². The average molecular weight is 279 g/mol. The highest BCUT2D eigenvalue weighted by Crippen LogP contribution is 2.21. The van der Waals surface area contributed by atoms with E-state index in [0.717, 1.165) is 23.1 Å². The smallest absolute Gasteiger partial charge is 0.306 e. The van der Waals surface area contributed by atoms with Gasteiger partial charge in [-0.25, -0.2) is 0 Å². The number of rotatable bonds is 5. The van der Waals surface area contributed by atoms with E-state index < -0.39 is 0 Å². The number of carbonyl (C=O) groups is 1. The Morgan fingerprint density at radius 1 is 1.14 bits per heavy atom. The molecule has 0 aromatic heterocycles. The van der Waals surface area contributed by atoms with Crippen LogP contribution in [0, 0.1) is 11.3 Å². The van der Waals surface area contributed by atoms with Crippen molar-refractivity contribution in [2.45, 2.75) is 26.4 Å². The van der Waals surface area contributed by atoms with Crippen molar-refractivity contribution in [3.05, 3.63) is 59.7 Å². The zero-order valence-corrected chi connectivity index (χ0v) is 12.0. The van der Waals surface area contributed by atoms with Gasteiger partial charge in [0, 0.05) is 6.42 Å². The molecule has 0 bridgehead atoms. The highest BCUT2D eigenvalue weighted by Gasteiger charge is 2.03. The lowest BCUT2D eigenvalue weighted by molar-refractivity contribution is -0.144. The Labute approximate surface area is 124 Å². The van der Waals surface area contributed by atoms with Gasteiger partial charge < -0.3 is 4.74 Å². The van der Waals surface area contributed by atoms with Crippen molar-refractivity contribution in [3.63, 3.8) is 0 Å². The Kier molecular flexibility index (Phi) is 5.11. The van der Waals surface area contributed by atoms with Crippen LogP contribution in [0.4, 0.5) is 0 Å². The van der Waals surface area contributed by atoms with Gasteiger partial charge in [0.15, 0.2) is 0 Å².